The first-order valence-electron chi connectivity index (χ1n) is 6.63. The van der Waals surface area contributed by atoms with Gasteiger partial charge in [-0.1, -0.05) is 41.0 Å². The highest BCUT2D eigenvalue weighted by Crippen LogP contribution is 2.14. The number of benzene rings is 1. The van der Waals surface area contributed by atoms with E-state index in [1.807, 2.05) is 18.3 Å². The lowest BCUT2D eigenvalue weighted by molar-refractivity contribution is 0.649. The van der Waals surface area contributed by atoms with Crippen molar-refractivity contribution in [2.24, 2.45) is 0 Å². The van der Waals surface area contributed by atoms with Gasteiger partial charge in [0.1, 0.15) is 5.69 Å². The second kappa shape index (κ2) is 5.59. The maximum absolute atomic E-state index is 5.32. The molecule has 0 aliphatic carbocycles. The quantitative estimate of drug-likeness (QED) is 0.690. The molecular formula is C17H14N4. The average molecular weight is 274 g/mol. The summed E-state index contributed by atoms with van der Waals surface area (Å²) in [5.41, 5.74) is 4.70. The minimum Gasteiger partial charge on any atom is -0.253 e. The van der Waals surface area contributed by atoms with Crippen molar-refractivity contribution in [1.82, 2.24) is 20.0 Å². The molecule has 102 valence electrons. The van der Waals surface area contributed by atoms with Gasteiger partial charge in [0, 0.05) is 11.8 Å². The summed E-state index contributed by atoms with van der Waals surface area (Å²) in [6.07, 6.45) is 8.86. The highest BCUT2D eigenvalue weighted by atomic mass is 15.4. The van der Waals surface area contributed by atoms with E-state index in [1.165, 1.54) is 11.1 Å². The van der Waals surface area contributed by atoms with Gasteiger partial charge in [-0.05, 0) is 24.6 Å². The van der Waals surface area contributed by atoms with Crippen LogP contribution in [0.3, 0.4) is 0 Å². The summed E-state index contributed by atoms with van der Waals surface area (Å²) in [4.78, 5) is 4.29. The molecule has 0 radical (unpaired) electrons. The van der Waals surface area contributed by atoms with Crippen LogP contribution in [0.5, 0.6) is 0 Å². The summed E-state index contributed by atoms with van der Waals surface area (Å²) in [5, 5.41) is 8.29. The van der Waals surface area contributed by atoms with Crippen molar-refractivity contribution in [3.63, 3.8) is 0 Å². The summed E-state index contributed by atoms with van der Waals surface area (Å²) in [7, 11) is 0. The van der Waals surface area contributed by atoms with Crippen molar-refractivity contribution in [3.05, 3.63) is 65.5 Å². The van der Waals surface area contributed by atoms with Crippen LogP contribution in [0, 0.1) is 19.3 Å². The zero-order valence-corrected chi connectivity index (χ0v) is 11.7. The van der Waals surface area contributed by atoms with E-state index in [0.717, 1.165) is 17.0 Å². The normalized spacial score (nSPS) is 10.3. The van der Waals surface area contributed by atoms with Crippen LogP contribution in [0.15, 0.2) is 48.8 Å². The Labute approximate surface area is 123 Å². The second-order valence-corrected chi connectivity index (χ2v) is 4.86. The van der Waals surface area contributed by atoms with Gasteiger partial charge >= 0.3 is 0 Å². The lowest BCUT2D eigenvalue weighted by Crippen LogP contribution is -2.00. The first-order chi connectivity index (χ1) is 10.2. The number of terminal acetylenes is 1. The number of hydrogen-bond donors (Lipinski definition) is 0. The molecule has 2 aromatic heterocycles. The third-order valence-electron chi connectivity index (χ3n) is 3.20. The molecule has 0 atom stereocenters. The van der Waals surface area contributed by atoms with Gasteiger partial charge in [0.15, 0.2) is 0 Å². The fraction of sp³-hybridized carbons (Fsp3) is 0.118. The molecule has 3 aromatic rings. The first kappa shape index (κ1) is 13.1. The van der Waals surface area contributed by atoms with E-state index in [0.29, 0.717) is 6.54 Å². The topological polar surface area (TPSA) is 43.6 Å². The number of hydrogen-bond acceptors (Lipinski definition) is 3. The molecule has 0 aliphatic heterocycles. The van der Waals surface area contributed by atoms with Crippen LogP contribution in [-0.2, 0) is 6.54 Å². The second-order valence-electron chi connectivity index (χ2n) is 4.86. The minimum absolute atomic E-state index is 0.690. The van der Waals surface area contributed by atoms with Crippen molar-refractivity contribution in [1.29, 1.82) is 0 Å². The summed E-state index contributed by atoms with van der Waals surface area (Å²) in [6, 6.07) is 12.1. The summed E-state index contributed by atoms with van der Waals surface area (Å²) < 4.78 is 1.80. The summed E-state index contributed by atoms with van der Waals surface area (Å²) in [5.74, 6) is 2.54. The van der Waals surface area contributed by atoms with E-state index >= 15 is 0 Å². The fourth-order valence-corrected chi connectivity index (χ4v) is 2.00. The average Bonchev–Trinajstić information content (AvgIpc) is 2.98. The fourth-order valence-electron chi connectivity index (χ4n) is 2.00. The van der Waals surface area contributed by atoms with Gasteiger partial charge < -0.3 is 0 Å². The highest BCUT2D eigenvalue weighted by molar-refractivity contribution is 5.53. The lowest BCUT2D eigenvalue weighted by Gasteiger charge is -2.01. The Morgan fingerprint density at radius 3 is 2.57 bits per heavy atom. The Kier molecular flexibility index (Phi) is 3.48. The number of nitrogens with zero attached hydrogens (tertiary/aromatic N) is 4. The van der Waals surface area contributed by atoms with E-state index in [9.17, 15) is 0 Å². The smallest absolute Gasteiger partial charge is 0.131 e. The zero-order chi connectivity index (χ0) is 14.7. The standard InChI is InChI=1S/C17H14N4/c1-3-14-8-9-16(18-10-14)17-12-21(20-19-17)11-15-6-4-13(2)5-7-15/h1,4-10,12H,11H2,2H3. The minimum atomic E-state index is 0.690. The molecular weight excluding hydrogens is 260 g/mol. The van der Waals surface area contributed by atoms with Gasteiger partial charge in [0.25, 0.3) is 0 Å². The van der Waals surface area contributed by atoms with Gasteiger partial charge in [-0.25, -0.2) is 4.68 Å². The Morgan fingerprint density at radius 1 is 1.10 bits per heavy atom. The van der Waals surface area contributed by atoms with Gasteiger partial charge in [-0.2, -0.15) is 0 Å². The molecule has 1 aromatic carbocycles. The molecule has 0 saturated carbocycles. The van der Waals surface area contributed by atoms with Gasteiger partial charge in [-0.3, -0.25) is 4.98 Å². The van der Waals surface area contributed by atoms with Crippen molar-refractivity contribution < 1.29 is 0 Å². The van der Waals surface area contributed by atoms with Gasteiger partial charge in [0.2, 0.25) is 0 Å². The van der Waals surface area contributed by atoms with Crippen molar-refractivity contribution in [2.45, 2.75) is 13.5 Å². The third-order valence-corrected chi connectivity index (χ3v) is 3.20. The van der Waals surface area contributed by atoms with Crippen LogP contribution in [0.2, 0.25) is 0 Å². The molecule has 4 nitrogen and oxygen atoms in total. The van der Waals surface area contributed by atoms with E-state index in [1.54, 1.807) is 10.9 Å². The monoisotopic (exact) mass is 274 g/mol. The van der Waals surface area contributed by atoms with E-state index in [2.05, 4.69) is 52.4 Å². The Bertz CT molecular complexity index is 777. The number of pyridine rings is 1. The molecule has 0 unspecified atom stereocenters. The molecule has 0 N–H and O–H groups in total. The predicted octanol–water partition coefficient (Wildman–Crippen LogP) is 2.68. The number of aryl methyl sites for hydroxylation is 1. The predicted molar refractivity (Wildman–Crippen MR) is 81.5 cm³/mol. The molecule has 0 aliphatic rings. The maximum atomic E-state index is 5.32. The zero-order valence-electron chi connectivity index (χ0n) is 11.7. The number of aromatic nitrogens is 4. The van der Waals surface area contributed by atoms with E-state index in [4.69, 9.17) is 6.42 Å². The van der Waals surface area contributed by atoms with Gasteiger partial charge in [-0.15, -0.1) is 11.5 Å². The van der Waals surface area contributed by atoms with Crippen LogP contribution in [0.1, 0.15) is 16.7 Å². The highest BCUT2D eigenvalue weighted by Gasteiger charge is 2.05. The van der Waals surface area contributed by atoms with E-state index in [-0.39, 0.29) is 0 Å². The van der Waals surface area contributed by atoms with Crippen LogP contribution in [-0.4, -0.2) is 20.0 Å². The van der Waals surface area contributed by atoms with Crippen molar-refractivity contribution in [2.75, 3.05) is 0 Å². The molecule has 0 amide bonds. The maximum Gasteiger partial charge on any atom is 0.131 e. The molecule has 0 saturated heterocycles. The van der Waals surface area contributed by atoms with Crippen molar-refractivity contribution >= 4 is 0 Å². The van der Waals surface area contributed by atoms with Crippen molar-refractivity contribution in [3.8, 4) is 23.7 Å². The molecule has 0 fully saturated rings. The number of rotatable bonds is 3. The largest absolute Gasteiger partial charge is 0.253 e. The first-order valence-corrected chi connectivity index (χ1v) is 6.63. The molecule has 0 spiro atoms. The van der Waals surface area contributed by atoms with Crippen LogP contribution < -0.4 is 0 Å². The SMILES string of the molecule is C#Cc1ccc(-c2cn(Cc3ccc(C)cc3)nn2)nc1. The lowest BCUT2D eigenvalue weighted by atomic mass is 10.1. The Balaban J connectivity index is 1.79. The summed E-state index contributed by atoms with van der Waals surface area (Å²) in [6.45, 7) is 2.76. The van der Waals surface area contributed by atoms with Crippen LogP contribution in [0.25, 0.3) is 11.4 Å². The van der Waals surface area contributed by atoms with Crippen LogP contribution >= 0.6 is 0 Å². The summed E-state index contributed by atoms with van der Waals surface area (Å²) >= 11 is 0. The third kappa shape index (κ3) is 2.98. The van der Waals surface area contributed by atoms with E-state index < -0.39 is 0 Å². The molecule has 3 rings (SSSR count). The molecule has 21 heavy (non-hydrogen) atoms. The Morgan fingerprint density at radius 2 is 1.90 bits per heavy atom. The van der Waals surface area contributed by atoms with Crippen LogP contribution in [0.4, 0.5) is 0 Å². The van der Waals surface area contributed by atoms with Gasteiger partial charge in [0.05, 0.1) is 18.4 Å². The Hall–Kier alpha value is -2.93. The molecule has 2 heterocycles. The molecule has 0 bridgehead atoms. The molecule has 4 heteroatoms.